The first kappa shape index (κ1) is 15.7. The normalized spacial score (nSPS) is 13.2. The van der Waals surface area contributed by atoms with Crippen LogP contribution < -0.4 is 0 Å². The molecule has 0 aliphatic heterocycles. The highest BCUT2D eigenvalue weighted by Gasteiger charge is 2.31. The van der Waals surface area contributed by atoms with Gasteiger partial charge in [-0.1, -0.05) is 60.2 Å². The molecule has 2 rings (SSSR count). The Morgan fingerprint density at radius 3 is 2.27 bits per heavy atom. The minimum Gasteiger partial charge on any atom is -0.382 e. The molecule has 22 heavy (non-hydrogen) atoms. The topological polar surface area (TPSA) is 89.7 Å². The van der Waals surface area contributed by atoms with Gasteiger partial charge in [0.25, 0.3) is 5.09 Å². The molecule has 0 aliphatic rings. The predicted molar refractivity (Wildman–Crippen MR) is 78.8 cm³/mol. The van der Waals surface area contributed by atoms with Gasteiger partial charge in [-0.05, 0) is 12.5 Å². The van der Waals surface area contributed by atoms with E-state index >= 15 is 0 Å². The average Bonchev–Trinajstić information content (AvgIpc) is 2.53. The number of nitrogens with zero attached hydrogens (tertiary/aromatic N) is 1. The SMILES string of the molecule is Cc1ccc([C@@H](O[N+](=O)[O-])[C@H](O)C(=O)c2ccccc2)cc1. The van der Waals surface area contributed by atoms with Crippen molar-refractivity contribution in [2.24, 2.45) is 0 Å². The van der Waals surface area contributed by atoms with Gasteiger partial charge in [-0.3, -0.25) is 4.79 Å². The number of benzene rings is 2. The number of carbonyl (C=O) groups is 1. The van der Waals surface area contributed by atoms with Crippen LogP contribution in [-0.2, 0) is 4.84 Å². The molecule has 0 unspecified atom stereocenters. The summed E-state index contributed by atoms with van der Waals surface area (Å²) >= 11 is 0. The maximum Gasteiger partial charge on any atom is 0.295 e. The first-order valence-corrected chi connectivity index (χ1v) is 6.64. The van der Waals surface area contributed by atoms with Crippen LogP contribution in [0.3, 0.4) is 0 Å². The van der Waals surface area contributed by atoms with Crippen LogP contribution in [0.2, 0.25) is 0 Å². The zero-order chi connectivity index (χ0) is 16.1. The number of hydrogen-bond donors (Lipinski definition) is 1. The lowest BCUT2D eigenvalue weighted by atomic mass is 9.97. The Labute approximate surface area is 127 Å². The lowest BCUT2D eigenvalue weighted by molar-refractivity contribution is -0.772. The van der Waals surface area contributed by atoms with E-state index in [0.29, 0.717) is 5.56 Å². The van der Waals surface area contributed by atoms with Crippen LogP contribution in [0.25, 0.3) is 0 Å². The van der Waals surface area contributed by atoms with E-state index in [1.807, 2.05) is 6.92 Å². The molecule has 1 N–H and O–H groups in total. The van der Waals surface area contributed by atoms with Gasteiger partial charge in [-0.2, -0.15) is 0 Å². The van der Waals surface area contributed by atoms with Crippen LogP contribution in [0.5, 0.6) is 0 Å². The van der Waals surface area contributed by atoms with E-state index in [1.165, 1.54) is 12.1 Å². The monoisotopic (exact) mass is 301 g/mol. The molecular formula is C16H15NO5. The molecule has 0 bridgehead atoms. The van der Waals surface area contributed by atoms with Gasteiger partial charge in [0.2, 0.25) is 0 Å². The summed E-state index contributed by atoms with van der Waals surface area (Å²) in [5, 5.41) is 19.9. The second-order valence-corrected chi connectivity index (χ2v) is 4.84. The first-order chi connectivity index (χ1) is 10.5. The Hall–Kier alpha value is -2.73. The van der Waals surface area contributed by atoms with Gasteiger partial charge in [-0.15, -0.1) is 10.1 Å². The molecule has 0 aliphatic carbocycles. The fraction of sp³-hybridized carbons (Fsp3) is 0.188. The molecule has 2 atom stereocenters. The molecular weight excluding hydrogens is 286 g/mol. The van der Waals surface area contributed by atoms with E-state index in [2.05, 4.69) is 4.84 Å². The number of aryl methyl sites for hydroxylation is 1. The number of aliphatic hydroxyl groups excluding tert-OH is 1. The van der Waals surface area contributed by atoms with Crippen molar-refractivity contribution in [3.8, 4) is 0 Å². The first-order valence-electron chi connectivity index (χ1n) is 6.64. The quantitative estimate of drug-likeness (QED) is 0.503. The molecule has 114 valence electrons. The fourth-order valence-corrected chi connectivity index (χ4v) is 2.06. The molecule has 0 fully saturated rings. The van der Waals surface area contributed by atoms with Crippen LogP contribution in [0.4, 0.5) is 0 Å². The predicted octanol–water partition coefficient (Wildman–Crippen LogP) is 2.49. The maximum atomic E-state index is 12.3. The lowest BCUT2D eigenvalue weighted by Crippen LogP contribution is -2.31. The van der Waals surface area contributed by atoms with Gasteiger partial charge in [0.15, 0.2) is 11.9 Å². The number of Topliss-reactive ketones (excluding diaryl/α,β-unsaturated/α-hetero) is 1. The van der Waals surface area contributed by atoms with Crippen molar-refractivity contribution in [1.29, 1.82) is 0 Å². The molecule has 0 heterocycles. The van der Waals surface area contributed by atoms with Crippen molar-refractivity contribution in [1.82, 2.24) is 0 Å². The molecule has 0 aromatic heterocycles. The standard InChI is InChI=1S/C16H15NO5/c1-11-7-9-13(10-8-11)16(22-17(20)21)15(19)14(18)12-5-3-2-4-6-12/h2-10,15-16,19H,1H3/t15-,16-/m1/s1. The van der Waals surface area contributed by atoms with E-state index < -0.39 is 23.1 Å². The minimum atomic E-state index is -1.67. The highest BCUT2D eigenvalue weighted by Crippen LogP contribution is 2.24. The summed E-state index contributed by atoms with van der Waals surface area (Å²) < 4.78 is 0. The van der Waals surface area contributed by atoms with Crippen LogP contribution in [0.15, 0.2) is 54.6 Å². The Morgan fingerprint density at radius 1 is 1.14 bits per heavy atom. The molecule has 2 aromatic rings. The van der Waals surface area contributed by atoms with Crippen molar-refractivity contribution in [3.63, 3.8) is 0 Å². The van der Waals surface area contributed by atoms with Crippen LogP contribution in [0, 0.1) is 17.0 Å². The van der Waals surface area contributed by atoms with Gasteiger partial charge in [0.05, 0.1) is 0 Å². The molecule has 2 aromatic carbocycles. The highest BCUT2D eigenvalue weighted by atomic mass is 17.0. The average molecular weight is 301 g/mol. The Kier molecular flexibility index (Phi) is 4.85. The summed E-state index contributed by atoms with van der Waals surface area (Å²) in [4.78, 5) is 27.5. The van der Waals surface area contributed by atoms with Gasteiger partial charge in [-0.25, -0.2) is 0 Å². The summed E-state index contributed by atoms with van der Waals surface area (Å²) in [7, 11) is 0. The third-order valence-corrected chi connectivity index (χ3v) is 3.22. The number of ketones is 1. The van der Waals surface area contributed by atoms with Crippen molar-refractivity contribution in [3.05, 3.63) is 81.4 Å². The third kappa shape index (κ3) is 3.67. The van der Waals surface area contributed by atoms with E-state index in [9.17, 15) is 20.0 Å². The van der Waals surface area contributed by atoms with Crippen molar-refractivity contribution >= 4 is 5.78 Å². The molecule has 6 heteroatoms. The number of aliphatic hydroxyl groups is 1. The Bertz CT molecular complexity index is 654. The molecule has 0 radical (unpaired) electrons. The second-order valence-electron chi connectivity index (χ2n) is 4.84. The van der Waals surface area contributed by atoms with Crippen molar-refractivity contribution < 1.29 is 19.8 Å². The minimum absolute atomic E-state index is 0.263. The van der Waals surface area contributed by atoms with Crippen LogP contribution in [-0.4, -0.2) is 22.1 Å². The smallest absolute Gasteiger partial charge is 0.295 e. The lowest BCUT2D eigenvalue weighted by Gasteiger charge is -2.20. The number of hydrogen-bond acceptors (Lipinski definition) is 5. The maximum absolute atomic E-state index is 12.3. The van der Waals surface area contributed by atoms with Gasteiger partial charge in [0, 0.05) is 5.56 Å². The number of carbonyl (C=O) groups excluding carboxylic acids is 1. The zero-order valence-corrected chi connectivity index (χ0v) is 11.9. The van der Waals surface area contributed by atoms with E-state index in [4.69, 9.17) is 0 Å². The van der Waals surface area contributed by atoms with Gasteiger partial charge in [0.1, 0.15) is 6.10 Å². The highest BCUT2D eigenvalue weighted by molar-refractivity contribution is 5.99. The molecule has 0 spiro atoms. The summed E-state index contributed by atoms with van der Waals surface area (Å²) in [5.74, 6) is -0.631. The summed E-state index contributed by atoms with van der Waals surface area (Å²) in [6.45, 7) is 1.86. The van der Waals surface area contributed by atoms with E-state index in [1.54, 1.807) is 42.5 Å². The molecule has 6 nitrogen and oxygen atoms in total. The Balaban J connectivity index is 2.30. The Morgan fingerprint density at radius 2 is 1.73 bits per heavy atom. The third-order valence-electron chi connectivity index (χ3n) is 3.22. The fourth-order valence-electron chi connectivity index (χ4n) is 2.06. The zero-order valence-electron chi connectivity index (χ0n) is 11.9. The van der Waals surface area contributed by atoms with Crippen molar-refractivity contribution in [2.75, 3.05) is 0 Å². The second kappa shape index (κ2) is 6.82. The van der Waals surface area contributed by atoms with E-state index in [0.717, 1.165) is 5.56 Å². The van der Waals surface area contributed by atoms with Crippen LogP contribution >= 0.6 is 0 Å². The largest absolute Gasteiger partial charge is 0.382 e. The molecule has 0 saturated heterocycles. The van der Waals surface area contributed by atoms with Gasteiger partial charge < -0.3 is 9.94 Å². The summed E-state index contributed by atoms with van der Waals surface area (Å²) in [6.07, 6.45) is -3.04. The van der Waals surface area contributed by atoms with Gasteiger partial charge >= 0.3 is 0 Å². The van der Waals surface area contributed by atoms with Crippen molar-refractivity contribution in [2.45, 2.75) is 19.1 Å². The molecule has 0 amide bonds. The van der Waals surface area contributed by atoms with Crippen LogP contribution in [0.1, 0.15) is 27.6 Å². The van der Waals surface area contributed by atoms with E-state index in [-0.39, 0.29) is 5.56 Å². The summed E-state index contributed by atoms with van der Waals surface area (Å²) in [5.41, 5.74) is 1.57. The number of rotatable bonds is 6. The summed E-state index contributed by atoms with van der Waals surface area (Å²) in [6, 6.07) is 14.7. The molecule has 0 saturated carbocycles.